The van der Waals surface area contributed by atoms with E-state index >= 15 is 0 Å². The van der Waals surface area contributed by atoms with Crippen molar-refractivity contribution in [3.8, 4) is 17.2 Å². The molecule has 0 aliphatic carbocycles. The van der Waals surface area contributed by atoms with Crippen LogP contribution in [-0.4, -0.2) is 46.9 Å². The van der Waals surface area contributed by atoms with E-state index in [0.29, 0.717) is 37.3 Å². The Kier molecular flexibility index (Phi) is 6.43. The van der Waals surface area contributed by atoms with Gasteiger partial charge in [-0.1, -0.05) is 29.5 Å². The third-order valence-electron chi connectivity index (χ3n) is 4.05. The van der Waals surface area contributed by atoms with Gasteiger partial charge < -0.3 is 14.2 Å². The highest BCUT2D eigenvalue weighted by atomic mass is 32.2. The average Bonchev–Trinajstić information content (AvgIpc) is 3.24. The summed E-state index contributed by atoms with van der Waals surface area (Å²) in [5, 5.41) is 12.7. The van der Waals surface area contributed by atoms with Gasteiger partial charge in [0, 0.05) is 11.5 Å². The van der Waals surface area contributed by atoms with Gasteiger partial charge in [0.15, 0.2) is 22.4 Å². The molecule has 2 aromatic heterocycles. The number of anilines is 1. The maximum Gasteiger partial charge on any atom is 0.264 e. The molecular weight excluding hydrogens is 438 g/mol. The van der Waals surface area contributed by atoms with Crippen LogP contribution in [0.2, 0.25) is 0 Å². The Balaban J connectivity index is 1.45. The lowest BCUT2D eigenvalue weighted by Crippen LogP contribution is -2.20. The van der Waals surface area contributed by atoms with E-state index in [1.165, 1.54) is 29.4 Å². The van der Waals surface area contributed by atoms with Crippen LogP contribution in [0, 0.1) is 0 Å². The number of nitrogens with zero attached hydrogens (tertiary/aromatic N) is 4. The molecule has 11 heteroatoms. The van der Waals surface area contributed by atoms with E-state index in [-0.39, 0.29) is 12.5 Å². The predicted molar refractivity (Wildman–Crippen MR) is 117 cm³/mol. The predicted octanol–water partition coefficient (Wildman–Crippen LogP) is 3.67. The molecule has 0 spiro atoms. The lowest BCUT2D eigenvalue weighted by Gasteiger charge is -2.09. The van der Waals surface area contributed by atoms with E-state index in [2.05, 4.69) is 25.5 Å². The molecule has 0 aliphatic rings. The van der Waals surface area contributed by atoms with Crippen molar-refractivity contribution in [2.45, 2.75) is 9.37 Å². The van der Waals surface area contributed by atoms with Gasteiger partial charge in [0.05, 0.1) is 19.7 Å². The maximum atomic E-state index is 12.1. The molecule has 0 unspecified atom stereocenters. The van der Waals surface area contributed by atoms with Crippen LogP contribution in [0.4, 0.5) is 5.13 Å². The average molecular weight is 456 g/mol. The Morgan fingerprint density at radius 3 is 2.61 bits per heavy atom. The standard InChI is InChI=1S/C20H17N5O4S2/c1-27-15-8-13-14(9-16(15)28-2)21-11-22-18(13)30-20-25-24-19(31-20)23-17(26)10-29-12-6-4-3-5-7-12/h3-9,11H,10H2,1-2H3,(H,23,24,26). The summed E-state index contributed by atoms with van der Waals surface area (Å²) in [4.78, 5) is 20.8. The van der Waals surface area contributed by atoms with E-state index in [0.717, 1.165) is 5.39 Å². The topological polar surface area (TPSA) is 108 Å². The first kappa shape index (κ1) is 20.8. The minimum Gasteiger partial charge on any atom is -0.493 e. The van der Waals surface area contributed by atoms with Crippen LogP contribution in [-0.2, 0) is 4.79 Å². The first-order chi connectivity index (χ1) is 15.2. The maximum absolute atomic E-state index is 12.1. The minimum atomic E-state index is -0.319. The van der Waals surface area contributed by atoms with Gasteiger partial charge in [0.25, 0.3) is 5.91 Å². The molecule has 0 bridgehead atoms. The molecule has 31 heavy (non-hydrogen) atoms. The first-order valence-corrected chi connectivity index (χ1v) is 10.7. The minimum absolute atomic E-state index is 0.121. The summed E-state index contributed by atoms with van der Waals surface area (Å²) in [5.74, 6) is 1.47. The number of hydrogen-bond acceptors (Lipinski definition) is 10. The summed E-state index contributed by atoms with van der Waals surface area (Å²) in [6.45, 7) is -0.121. The lowest BCUT2D eigenvalue weighted by atomic mass is 10.2. The van der Waals surface area contributed by atoms with Crippen molar-refractivity contribution >= 4 is 45.0 Å². The largest absolute Gasteiger partial charge is 0.493 e. The SMILES string of the molecule is COc1cc2ncnc(Sc3nnc(NC(=O)COc4ccccc4)s3)c2cc1OC. The van der Waals surface area contributed by atoms with E-state index in [1.54, 1.807) is 32.4 Å². The molecule has 2 heterocycles. The van der Waals surface area contributed by atoms with Crippen molar-refractivity contribution in [3.63, 3.8) is 0 Å². The van der Waals surface area contributed by atoms with Gasteiger partial charge in [0.1, 0.15) is 17.1 Å². The molecule has 0 aliphatic heterocycles. The lowest BCUT2D eigenvalue weighted by molar-refractivity contribution is -0.118. The molecule has 0 saturated heterocycles. The normalized spacial score (nSPS) is 10.6. The molecule has 4 aromatic rings. The highest BCUT2D eigenvalue weighted by molar-refractivity contribution is 8.01. The molecule has 0 fully saturated rings. The Morgan fingerprint density at radius 1 is 1.06 bits per heavy atom. The number of para-hydroxylation sites is 1. The van der Waals surface area contributed by atoms with Crippen molar-refractivity contribution in [2.24, 2.45) is 0 Å². The summed E-state index contributed by atoms with van der Waals surface area (Å²) in [7, 11) is 3.14. The van der Waals surface area contributed by atoms with Crippen LogP contribution in [0.5, 0.6) is 17.2 Å². The van der Waals surface area contributed by atoms with Gasteiger partial charge in [-0.25, -0.2) is 9.97 Å². The van der Waals surface area contributed by atoms with E-state index < -0.39 is 0 Å². The van der Waals surface area contributed by atoms with Crippen LogP contribution < -0.4 is 19.5 Å². The molecule has 0 saturated carbocycles. The number of rotatable bonds is 8. The van der Waals surface area contributed by atoms with Crippen LogP contribution >= 0.6 is 23.1 Å². The van der Waals surface area contributed by atoms with Crippen molar-refractivity contribution in [1.82, 2.24) is 20.2 Å². The van der Waals surface area contributed by atoms with E-state index in [1.807, 2.05) is 24.3 Å². The molecule has 2 aromatic carbocycles. The second-order valence-corrected chi connectivity index (χ2v) is 8.24. The van der Waals surface area contributed by atoms with Gasteiger partial charge in [0.2, 0.25) is 5.13 Å². The van der Waals surface area contributed by atoms with Gasteiger partial charge >= 0.3 is 0 Å². The van der Waals surface area contributed by atoms with Crippen molar-refractivity contribution in [3.05, 3.63) is 48.8 Å². The number of methoxy groups -OCH3 is 2. The van der Waals surface area contributed by atoms with Crippen molar-refractivity contribution in [2.75, 3.05) is 26.1 Å². The molecule has 9 nitrogen and oxygen atoms in total. The molecule has 1 N–H and O–H groups in total. The summed E-state index contributed by atoms with van der Waals surface area (Å²) in [5.41, 5.74) is 0.714. The van der Waals surface area contributed by atoms with Gasteiger partial charge in [-0.15, -0.1) is 10.2 Å². The smallest absolute Gasteiger partial charge is 0.264 e. The Labute approximate surface area is 185 Å². The number of ether oxygens (including phenoxy) is 3. The van der Waals surface area contributed by atoms with Gasteiger partial charge in [-0.05, 0) is 30.0 Å². The highest BCUT2D eigenvalue weighted by Crippen LogP contribution is 2.38. The number of aromatic nitrogens is 4. The van der Waals surface area contributed by atoms with Gasteiger partial charge in [-0.2, -0.15) is 0 Å². The summed E-state index contributed by atoms with van der Waals surface area (Å²) >= 11 is 2.56. The Hall–Kier alpha value is -3.44. The Bertz CT molecular complexity index is 1200. The number of fused-ring (bicyclic) bond motifs is 1. The third-order valence-corrected chi connectivity index (χ3v) is 5.96. The van der Waals surface area contributed by atoms with Crippen LogP contribution in [0.3, 0.4) is 0 Å². The van der Waals surface area contributed by atoms with E-state index in [4.69, 9.17) is 14.2 Å². The number of carbonyl (C=O) groups is 1. The highest BCUT2D eigenvalue weighted by Gasteiger charge is 2.15. The van der Waals surface area contributed by atoms with E-state index in [9.17, 15) is 4.79 Å². The second-order valence-electron chi connectivity index (χ2n) is 6.03. The second kappa shape index (κ2) is 9.58. The monoisotopic (exact) mass is 455 g/mol. The number of carbonyl (C=O) groups excluding carboxylic acids is 1. The fraction of sp³-hybridized carbons (Fsp3) is 0.150. The number of hydrogen-bond donors (Lipinski definition) is 1. The van der Waals surface area contributed by atoms with Crippen LogP contribution in [0.25, 0.3) is 10.9 Å². The van der Waals surface area contributed by atoms with Crippen molar-refractivity contribution in [1.29, 1.82) is 0 Å². The zero-order valence-corrected chi connectivity index (χ0v) is 18.2. The molecule has 1 amide bonds. The number of amides is 1. The molecule has 4 rings (SSSR count). The fourth-order valence-corrected chi connectivity index (χ4v) is 4.40. The van der Waals surface area contributed by atoms with Crippen LogP contribution in [0.1, 0.15) is 0 Å². The summed E-state index contributed by atoms with van der Waals surface area (Å²) < 4.78 is 16.8. The molecule has 0 radical (unpaired) electrons. The van der Waals surface area contributed by atoms with Crippen LogP contribution in [0.15, 0.2) is 58.2 Å². The summed E-state index contributed by atoms with van der Waals surface area (Å²) in [6.07, 6.45) is 1.47. The number of nitrogens with one attached hydrogen (secondary N) is 1. The third kappa shape index (κ3) is 5.01. The number of benzene rings is 2. The fourth-order valence-electron chi connectivity index (χ4n) is 2.65. The zero-order valence-electron chi connectivity index (χ0n) is 16.6. The van der Waals surface area contributed by atoms with Gasteiger partial charge in [-0.3, -0.25) is 10.1 Å². The Morgan fingerprint density at radius 2 is 1.84 bits per heavy atom. The van der Waals surface area contributed by atoms with Crippen molar-refractivity contribution < 1.29 is 19.0 Å². The molecule has 0 atom stereocenters. The zero-order chi connectivity index (χ0) is 21.6. The quantitative estimate of drug-likeness (QED) is 0.314. The summed E-state index contributed by atoms with van der Waals surface area (Å²) in [6, 6.07) is 12.7. The first-order valence-electron chi connectivity index (χ1n) is 9.02. The molecular formula is C20H17N5O4S2. The molecule has 158 valence electrons.